The lowest BCUT2D eigenvalue weighted by Crippen LogP contribution is -2.25. The molecule has 4 atom stereocenters. The molecule has 1 fully saturated rings. The van der Waals surface area contributed by atoms with Crippen molar-refractivity contribution in [1.82, 2.24) is 0 Å². The van der Waals surface area contributed by atoms with Gasteiger partial charge in [0, 0.05) is 28.8 Å². The lowest BCUT2D eigenvalue weighted by atomic mass is 9.81. The number of nitrogens with zero attached hydrogens (tertiary/aromatic N) is 2. The van der Waals surface area contributed by atoms with Gasteiger partial charge in [-0.05, 0) is 23.1 Å². The van der Waals surface area contributed by atoms with Gasteiger partial charge >= 0.3 is 5.97 Å². The van der Waals surface area contributed by atoms with E-state index >= 15 is 0 Å². The molecule has 32 heavy (non-hydrogen) atoms. The second-order valence-corrected chi connectivity index (χ2v) is 10.2. The maximum atomic E-state index is 11.9. The Balaban J connectivity index is 1.86. The van der Waals surface area contributed by atoms with Gasteiger partial charge in [-0.25, -0.2) is 11.4 Å². The van der Waals surface area contributed by atoms with Gasteiger partial charge in [-0.15, -0.1) is 11.3 Å². The predicted octanol–water partition coefficient (Wildman–Crippen LogP) is 4.62. The number of aliphatic hydroxyl groups is 1. The number of ether oxygens (including phenoxy) is 1. The van der Waals surface area contributed by atoms with E-state index in [4.69, 9.17) is 16.4 Å². The fraction of sp³-hybridized carbons (Fsp3) is 0.478. The number of aromatic carboxylic acids is 1. The van der Waals surface area contributed by atoms with Crippen LogP contribution >= 0.6 is 11.3 Å². The molecule has 3 rings (SSSR count). The first-order valence-electron chi connectivity index (χ1n) is 10.3. The average Bonchev–Trinajstić information content (AvgIpc) is 3.31. The molecule has 0 bridgehead atoms. The summed E-state index contributed by atoms with van der Waals surface area (Å²) in [6, 6.07) is 7.77. The molecule has 1 aliphatic carbocycles. The van der Waals surface area contributed by atoms with Crippen LogP contribution < -0.4 is 0 Å². The van der Waals surface area contributed by atoms with E-state index in [0.29, 0.717) is 5.56 Å². The molecule has 0 saturated heterocycles. The number of thiophene rings is 1. The summed E-state index contributed by atoms with van der Waals surface area (Å²) in [5.41, 5.74) is 0.914. The molecule has 1 heterocycles. The summed E-state index contributed by atoms with van der Waals surface area (Å²) >= 11 is 1.11. The Morgan fingerprint density at radius 1 is 1.34 bits per heavy atom. The van der Waals surface area contributed by atoms with Crippen molar-refractivity contribution >= 4 is 23.0 Å². The van der Waals surface area contributed by atoms with E-state index in [1.807, 2.05) is 26.8 Å². The maximum Gasteiger partial charge on any atom is 0.345 e. The number of aliphatic hydroxyl groups excluding tert-OH is 1. The van der Waals surface area contributed by atoms with Gasteiger partial charge < -0.3 is 19.8 Å². The van der Waals surface area contributed by atoms with E-state index in [1.165, 1.54) is 6.07 Å². The second-order valence-electron chi connectivity index (χ2n) is 9.06. The van der Waals surface area contributed by atoms with Crippen molar-refractivity contribution in [3.05, 3.63) is 72.7 Å². The van der Waals surface area contributed by atoms with Crippen molar-refractivity contribution in [1.29, 1.82) is 0 Å². The van der Waals surface area contributed by atoms with Crippen molar-refractivity contribution < 1.29 is 24.7 Å². The van der Waals surface area contributed by atoms with Crippen molar-refractivity contribution in [2.45, 2.75) is 57.3 Å². The van der Waals surface area contributed by atoms with Crippen LogP contribution in [0.2, 0.25) is 0 Å². The molecule has 2 aromatic rings. The number of carboxylic acids is 1. The predicted molar refractivity (Wildman–Crippen MR) is 120 cm³/mol. The van der Waals surface area contributed by atoms with Crippen molar-refractivity contribution in [3.63, 3.8) is 0 Å². The minimum atomic E-state index is -1.00. The third kappa shape index (κ3) is 4.99. The van der Waals surface area contributed by atoms with E-state index in [1.54, 1.807) is 18.2 Å². The summed E-state index contributed by atoms with van der Waals surface area (Å²) in [6.07, 6.45) is -0.662. The summed E-state index contributed by atoms with van der Waals surface area (Å²) in [6.45, 7) is 13.8. The third-order valence-electron chi connectivity index (χ3n) is 5.90. The molecule has 8 nitrogen and oxygen atoms in total. The van der Waals surface area contributed by atoms with Crippen LogP contribution in [0.1, 0.15) is 58.8 Å². The van der Waals surface area contributed by atoms with E-state index in [-0.39, 0.29) is 35.6 Å². The normalized spacial score (nSPS) is 23.1. The fourth-order valence-corrected chi connectivity index (χ4v) is 4.99. The smallest absolute Gasteiger partial charge is 0.345 e. The standard InChI is InChI=1S/C23H26N2O6S/c1-23(2,3)13-5-7-15(18(9-13)25(29)30)21-16(17(24-4)10-19(21)26)12-31-11-14-6-8-20(32-14)22(27)28/h5-9,16-17,19,21,26H,10-12H2,1-3H3,(H,27,28)/t16?,17-,19-,21?/m1/s1. The zero-order chi connectivity index (χ0) is 23.6. The van der Waals surface area contributed by atoms with E-state index in [0.717, 1.165) is 21.8 Å². The fourth-order valence-electron chi connectivity index (χ4n) is 4.21. The van der Waals surface area contributed by atoms with Crippen LogP contribution in [0.4, 0.5) is 5.69 Å². The Bertz CT molecular complexity index is 1050. The van der Waals surface area contributed by atoms with Gasteiger partial charge in [-0.3, -0.25) is 10.1 Å². The van der Waals surface area contributed by atoms with Gasteiger partial charge in [-0.1, -0.05) is 32.9 Å². The minimum Gasteiger partial charge on any atom is -0.477 e. The van der Waals surface area contributed by atoms with Crippen LogP contribution in [0, 0.1) is 22.6 Å². The number of nitro groups is 1. The highest BCUT2D eigenvalue weighted by molar-refractivity contribution is 7.13. The number of carbonyl (C=O) groups is 1. The minimum absolute atomic E-state index is 0.0542. The Kier molecular flexibility index (Phi) is 6.98. The highest BCUT2D eigenvalue weighted by Gasteiger charge is 2.49. The highest BCUT2D eigenvalue weighted by Crippen LogP contribution is 2.45. The van der Waals surface area contributed by atoms with Crippen molar-refractivity contribution in [3.8, 4) is 0 Å². The quantitative estimate of drug-likeness (QED) is 0.355. The molecule has 170 valence electrons. The third-order valence-corrected chi connectivity index (χ3v) is 6.94. The van der Waals surface area contributed by atoms with Crippen LogP contribution in [0.5, 0.6) is 0 Å². The molecule has 1 aromatic heterocycles. The summed E-state index contributed by atoms with van der Waals surface area (Å²) < 4.78 is 5.80. The van der Waals surface area contributed by atoms with E-state index in [9.17, 15) is 20.0 Å². The topological polar surface area (TPSA) is 114 Å². The number of carboxylic acid groups (broad SMARTS) is 1. The van der Waals surface area contributed by atoms with Gasteiger partial charge in [0.15, 0.2) is 0 Å². The molecular formula is C23H26N2O6S. The van der Waals surface area contributed by atoms with Gasteiger partial charge in [0.1, 0.15) is 4.88 Å². The largest absolute Gasteiger partial charge is 0.477 e. The monoisotopic (exact) mass is 458 g/mol. The zero-order valence-electron chi connectivity index (χ0n) is 18.1. The number of hydrogen-bond acceptors (Lipinski definition) is 6. The first-order valence-corrected chi connectivity index (χ1v) is 11.1. The number of nitro benzene ring substituents is 1. The first kappa shape index (κ1) is 23.9. The van der Waals surface area contributed by atoms with Crippen molar-refractivity contribution in [2.24, 2.45) is 5.92 Å². The summed E-state index contributed by atoms with van der Waals surface area (Å²) in [7, 11) is 0. The Morgan fingerprint density at radius 2 is 2.06 bits per heavy atom. The van der Waals surface area contributed by atoms with Gasteiger partial charge in [0.05, 0.1) is 30.2 Å². The van der Waals surface area contributed by atoms with Crippen molar-refractivity contribution in [2.75, 3.05) is 6.61 Å². The highest BCUT2D eigenvalue weighted by atomic mass is 32.1. The molecule has 0 radical (unpaired) electrons. The van der Waals surface area contributed by atoms with E-state index < -0.39 is 34.9 Å². The number of hydrogen-bond donors (Lipinski definition) is 2. The molecular weight excluding hydrogens is 432 g/mol. The SMILES string of the molecule is [C-]#[N+][C@@H]1C[C@@H](O)C(c2ccc(C(C)(C)C)cc2[N+](=O)[O-])C1COCc1ccc(C(=O)O)s1. The molecule has 1 saturated carbocycles. The second kappa shape index (κ2) is 9.36. The molecule has 2 unspecified atom stereocenters. The Labute approximate surface area is 190 Å². The summed E-state index contributed by atoms with van der Waals surface area (Å²) in [5.74, 6) is -2.01. The van der Waals surface area contributed by atoms with Gasteiger partial charge in [-0.2, -0.15) is 0 Å². The average molecular weight is 459 g/mol. The van der Waals surface area contributed by atoms with Crippen LogP contribution in [0.3, 0.4) is 0 Å². The summed E-state index contributed by atoms with van der Waals surface area (Å²) in [4.78, 5) is 27.1. The van der Waals surface area contributed by atoms with Crippen LogP contribution in [-0.4, -0.2) is 39.9 Å². The van der Waals surface area contributed by atoms with E-state index in [2.05, 4.69) is 4.85 Å². The van der Waals surface area contributed by atoms with Crippen LogP contribution in [0.15, 0.2) is 30.3 Å². The molecule has 0 aliphatic heterocycles. The van der Waals surface area contributed by atoms with Crippen LogP contribution in [-0.2, 0) is 16.8 Å². The molecule has 0 amide bonds. The molecule has 2 N–H and O–H groups in total. The molecule has 0 spiro atoms. The molecule has 9 heteroatoms. The molecule has 1 aliphatic rings. The lowest BCUT2D eigenvalue weighted by Gasteiger charge is -2.24. The first-order chi connectivity index (χ1) is 15.0. The van der Waals surface area contributed by atoms with Gasteiger partial charge in [0.2, 0.25) is 6.04 Å². The number of benzene rings is 1. The summed E-state index contributed by atoms with van der Waals surface area (Å²) in [5, 5.41) is 31.7. The Morgan fingerprint density at radius 3 is 2.62 bits per heavy atom. The van der Waals surface area contributed by atoms with Crippen LogP contribution in [0.25, 0.3) is 4.85 Å². The van der Waals surface area contributed by atoms with Gasteiger partial charge in [0.25, 0.3) is 5.69 Å². The lowest BCUT2D eigenvalue weighted by molar-refractivity contribution is -0.386. The Hall–Kier alpha value is -2.80. The maximum absolute atomic E-state index is 11.9. The zero-order valence-corrected chi connectivity index (χ0v) is 19.0. The number of rotatable bonds is 7. The molecule has 1 aromatic carbocycles.